The summed E-state index contributed by atoms with van der Waals surface area (Å²) in [5, 5.41) is 8.79. The first kappa shape index (κ1) is 11.1. The van der Waals surface area contributed by atoms with Gasteiger partial charge in [0, 0.05) is 17.1 Å². The molecule has 0 atom stereocenters. The average molecular weight is 237 g/mol. The lowest BCUT2D eigenvalue weighted by molar-refractivity contribution is 0.598. The highest BCUT2D eigenvalue weighted by molar-refractivity contribution is 6.31. The van der Waals surface area contributed by atoms with Crippen LogP contribution in [0.2, 0.25) is 5.02 Å². The minimum absolute atomic E-state index is 0.553. The molecule has 0 amide bonds. The summed E-state index contributed by atoms with van der Waals surface area (Å²) >= 11 is 6.06. The fourth-order valence-electron chi connectivity index (χ4n) is 1.42. The first-order valence-corrected chi connectivity index (χ1v) is 5.45. The quantitative estimate of drug-likeness (QED) is 0.885. The zero-order chi connectivity index (χ0) is 11.5. The Kier molecular flexibility index (Phi) is 3.22. The third kappa shape index (κ3) is 2.23. The summed E-state index contributed by atoms with van der Waals surface area (Å²) in [6.45, 7) is 3.20. The summed E-state index contributed by atoms with van der Waals surface area (Å²) in [6.07, 6.45) is 1.87. The first-order valence-electron chi connectivity index (χ1n) is 5.07. The van der Waals surface area contributed by atoms with E-state index in [1.165, 1.54) is 0 Å². The summed E-state index contributed by atoms with van der Waals surface area (Å²) < 4.78 is 1.73. The van der Waals surface area contributed by atoms with Gasteiger partial charge in [-0.1, -0.05) is 28.9 Å². The first-order chi connectivity index (χ1) is 7.70. The molecule has 0 radical (unpaired) electrons. The number of nitrogens with two attached hydrogens (primary N) is 1. The zero-order valence-corrected chi connectivity index (χ0v) is 9.78. The molecule has 84 valence electrons. The third-order valence-electron chi connectivity index (χ3n) is 2.36. The second-order valence-corrected chi connectivity index (χ2v) is 4.03. The predicted molar refractivity (Wildman–Crippen MR) is 64.3 cm³/mol. The maximum absolute atomic E-state index is 6.06. The molecule has 0 bridgehead atoms. The second kappa shape index (κ2) is 4.63. The molecule has 1 aromatic carbocycles. The van der Waals surface area contributed by atoms with E-state index >= 15 is 0 Å². The van der Waals surface area contributed by atoms with Crippen molar-refractivity contribution in [2.45, 2.75) is 13.5 Å². The van der Waals surface area contributed by atoms with Crippen molar-refractivity contribution < 1.29 is 0 Å². The van der Waals surface area contributed by atoms with E-state index in [1.54, 1.807) is 4.68 Å². The van der Waals surface area contributed by atoms with Crippen molar-refractivity contribution in [2.24, 2.45) is 5.73 Å². The number of aromatic nitrogens is 3. The van der Waals surface area contributed by atoms with Crippen LogP contribution < -0.4 is 5.73 Å². The van der Waals surface area contributed by atoms with Gasteiger partial charge in [-0.05, 0) is 18.6 Å². The summed E-state index contributed by atoms with van der Waals surface area (Å²) in [7, 11) is 0. The van der Waals surface area contributed by atoms with Crippen molar-refractivity contribution in [1.29, 1.82) is 0 Å². The molecule has 0 aliphatic rings. The van der Waals surface area contributed by atoms with Crippen molar-refractivity contribution >= 4 is 11.6 Å². The molecule has 5 heteroatoms. The van der Waals surface area contributed by atoms with Crippen molar-refractivity contribution in [1.82, 2.24) is 15.0 Å². The molecule has 2 N–H and O–H groups in total. The molecule has 0 saturated heterocycles. The Morgan fingerprint density at radius 2 is 2.25 bits per heavy atom. The van der Waals surface area contributed by atoms with Gasteiger partial charge < -0.3 is 5.73 Å². The topological polar surface area (TPSA) is 56.7 Å². The van der Waals surface area contributed by atoms with Gasteiger partial charge in [-0.2, -0.15) is 0 Å². The second-order valence-electron chi connectivity index (χ2n) is 3.62. The van der Waals surface area contributed by atoms with E-state index < -0.39 is 0 Å². The van der Waals surface area contributed by atoms with Gasteiger partial charge in [0.05, 0.1) is 12.7 Å². The fraction of sp³-hybridized carbons (Fsp3) is 0.273. The summed E-state index contributed by atoms with van der Waals surface area (Å²) in [6, 6.07) is 5.85. The van der Waals surface area contributed by atoms with Crippen molar-refractivity contribution in [3.8, 4) is 11.3 Å². The van der Waals surface area contributed by atoms with Crippen LogP contribution in [-0.2, 0) is 6.54 Å². The third-order valence-corrected chi connectivity index (χ3v) is 2.77. The lowest BCUT2D eigenvalue weighted by Gasteiger charge is -2.00. The number of hydrogen-bond acceptors (Lipinski definition) is 3. The average Bonchev–Trinajstić information content (AvgIpc) is 2.71. The zero-order valence-electron chi connectivity index (χ0n) is 9.02. The van der Waals surface area contributed by atoms with Gasteiger partial charge in [-0.15, -0.1) is 5.10 Å². The largest absolute Gasteiger partial charge is 0.329 e. The van der Waals surface area contributed by atoms with E-state index in [2.05, 4.69) is 10.3 Å². The molecule has 16 heavy (non-hydrogen) atoms. The molecule has 1 aromatic heterocycles. The minimum Gasteiger partial charge on any atom is -0.329 e. The highest BCUT2D eigenvalue weighted by Crippen LogP contribution is 2.23. The standard InChI is InChI=1S/C11H13ClN4/c1-8-2-3-9(6-10(8)12)11-7-16(5-4-13)15-14-11/h2-3,6-7H,4-5,13H2,1H3. The molecule has 0 saturated carbocycles. The molecule has 2 rings (SSSR count). The van der Waals surface area contributed by atoms with Crippen LogP contribution in [0.5, 0.6) is 0 Å². The van der Waals surface area contributed by atoms with Crippen LogP contribution in [0.25, 0.3) is 11.3 Å². The number of rotatable bonds is 3. The fourth-order valence-corrected chi connectivity index (χ4v) is 1.60. The Morgan fingerprint density at radius 3 is 2.94 bits per heavy atom. The van der Waals surface area contributed by atoms with E-state index in [-0.39, 0.29) is 0 Å². The normalized spacial score (nSPS) is 10.7. The van der Waals surface area contributed by atoms with Gasteiger partial charge in [0.15, 0.2) is 0 Å². The van der Waals surface area contributed by atoms with E-state index in [1.807, 2.05) is 31.3 Å². The van der Waals surface area contributed by atoms with E-state index in [9.17, 15) is 0 Å². The molecule has 0 aliphatic carbocycles. The molecule has 2 aromatic rings. The van der Waals surface area contributed by atoms with Crippen molar-refractivity contribution in [3.63, 3.8) is 0 Å². The summed E-state index contributed by atoms with van der Waals surface area (Å²) in [5.74, 6) is 0. The van der Waals surface area contributed by atoms with Gasteiger partial charge in [0.1, 0.15) is 5.69 Å². The molecule has 0 spiro atoms. The van der Waals surface area contributed by atoms with E-state index in [4.69, 9.17) is 17.3 Å². The Labute approximate surface area is 99.0 Å². The van der Waals surface area contributed by atoms with Crippen molar-refractivity contribution in [3.05, 3.63) is 35.0 Å². The van der Waals surface area contributed by atoms with Crippen LogP contribution in [0.1, 0.15) is 5.56 Å². The number of hydrogen-bond donors (Lipinski definition) is 1. The summed E-state index contributed by atoms with van der Waals surface area (Å²) in [4.78, 5) is 0. The highest BCUT2D eigenvalue weighted by Gasteiger charge is 2.05. The number of benzene rings is 1. The van der Waals surface area contributed by atoms with Gasteiger partial charge in [-0.25, -0.2) is 0 Å². The Bertz CT molecular complexity index is 492. The van der Waals surface area contributed by atoms with Crippen LogP contribution in [0.15, 0.2) is 24.4 Å². The Balaban J connectivity index is 2.31. The Hall–Kier alpha value is -1.39. The maximum atomic E-state index is 6.06. The minimum atomic E-state index is 0.553. The van der Waals surface area contributed by atoms with Crippen LogP contribution in [0, 0.1) is 6.92 Å². The maximum Gasteiger partial charge on any atom is 0.113 e. The van der Waals surface area contributed by atoms with Gasteiger partial charge in [-0.3, -0.25) is 4.68 Å². The number of halogens is 1. The number of nitrogens with zero attached hydrogens (tertiary/aromatic N) is 3. The number of aryl methyl sites for hydroxylation is 1. The SMILES string of the molecule is Cc1ccc(-c2cn(CCN)nn2)cc1Cl. The van der Waals surface area contributed by atoms with Gasteiger partial charge in [0.2, 0.25) is 0 Å². The molecule has 4 nitrogen and oxygen atoms in total. The smallest absolute Gasteiger partial charge is 0.113 e. The molecular weight excluding hydrogens is 224 g/mol. The lowest BCUT2D eigenvalue weighted by atomic mass is 10.1. The Morgan fingerprint density at radius 1 is 1.44 bits per heavy atom. The van der Waals surface area contributed by atoms with Crippen LogP contribution in [0.3, 0.4) is 0 Å². The van der Waals surface area contributed by atoms with E-state index in [0.29, 0.717) is 13.1 Å². The molecular formula is C11H13ClN4. The van der Waals surface area contributed by atoms with Crippen LogP contribution >= 0.6 is 11.6 Å². The van der Waals surface area contributed by atoms with E-state index in [0.717, 1.165) is 21.8 Å². The molecule has 0 unspecified atom stereocenters. The summed E-state index contributed by atoms with van der Waals surface area (Å²) in [5.41, 5.74) is 8.28. The van der Waals surface area contributed by atoms with Gasteiger partial charge in [0.25, 0.3) is 0 Å². The molecule has 0 aliphatic heterocycles. The monoisotopic (exact) mass is 236 g/mol. The van der Waals surface area contributed by atoms with Crippen LogP contribution in [0.4, 0.5) is 0 Å². The van der Waals surface area contributed by atoms with Gasteiger partial charge >= 0.3 is 0 Å². The predicted octanol–water partition coefficient (Wildman–Crippen LogP) is 1.87. The van der Waals surface area contributed by atoms with Crippen molar-refractivity contribution in [2.75, 3.05) is 6.54 Å². The highest BCUT2D eigenvalue weighted by atomic mass is 35.5. The van der Waals surface area contributed by atoms with Crippen LogP contribution in [-0.4, -0.2) is 21.5 Å². The molecule has 1 heterocycles. The molecule has 0 fully saturated rings. The lowest BCUT2D eigenvalue weighted by Crippen LogP contribution is -2.10.